The number of methoxy groups -OCH3 is 1. The highest BCUT2D eigenvalue weighted by Gasteiger charge is 2.17. The van der Waals surface area contributed by atoms with Gasteiger partial charge in [-0.15, -0.1) is 0 Å². The minimum atomic E-state index is -0.839. The molecule has 0 fully saturated rings. The first-order valence-electron chi connectivity index (χ1n) is 9.65. The van der Waals surface area contributed by atoms with Crippen LogP contribution >= 0.6 is 0 Å². The molecule has 0 N–H and O–H groups in total. The summed E-state index contributed by atoms with van der Waals surface area (Å²) in [5.74, 6) is -0.464. The molecule has 3 aromatic rings. The van der Waals surface area contributed by atoms with Gasteiger partial charge in [-0.1, -0.05) is 42.5 Å². The van der Waals surface area contributed by atoms with Crippen LogP contribution in [0.4, 0.5) is 0 Å². The lowest BCUT2D eigenvalue weighted by Gasteiger charge is -2.13. The van der Waals surface area contributed by atoms with E-state index in [1.165, 1.54) is 6.08 Å². The highest BCUT2D eigenvalue weighted by Crippen LogP contribution is 2.28. The van der Waals surface area contributed by atoms with Crippen molar-refractivity contribution < 1.29 is 19.1 Å². The number of hydrogen-bond acceptors (Lipinski definition) is 5. The third-order valence-electron chi connectivity index (χ3n) is 4.87. The molecule has 6 nitrogen and oxygen atoms in total. The van der Waals surface area contributed by atoms with Gasteiger partial charge in [0.2, 0.25) is 0 Å². The average molecular weight is 414 g/mol. The Morgan fingerprint density at radius 2 is 1.74 bits per heavy atom. The van der Waals surface area contributed by atoms with Crippen molar-refractivity contribution in [2.24, 2.45) is 0 Å². The summed E-state index contributed by atoms with van der Waals surface area (Å²) in [5.41, 5.74) is 3.57. The molecule has 0 bridgehead atoms. The van der Waals surface area contributed by atoms with E-state index >= 15 is 0 Å². The highest BCUT2D eigenvalue weighted by atomic mass is 16.5. The Kier molecular flexibility index (Phi) is 6.68. The van der Waals surface area contributed by atoms with Crippen molar-refractivity contribution in [1.82, 2.24) is 4.57 Å². The molecule has 0 saturated heterocycles. The van der Waals surface area contributed by atoms with Gasteiger partial charge in [-0.05, 0) is 43.7 Å². The van der Waals surface area contributed by atoms with Gasteiger partial charge in [0.15, 0.2) is 12.4 Å². The van der Waals surface area contributed by atoms with Gasteiger partial charge >= 0.3 is 5.97 Å². The van der Waals surface area contributed by atoms with Crippen LogP contribution in [0.25, 0.3) is 11.8 Å². The summed E-state index contributed by atoms with van der Waals surface area (Å²) in [4.78, 5) is 24.5. The maximum atomic E-state index is 12.4. The number of aryl methyl sites for hydroxylation is 1. The number of benzene rings is 2. The third-order valence-corrected chi connectivity index (χ3v) is 4.87. The first-order valence-corrected chi connectivity index (χ1v) is 9.65. The van der Waals surface area contributed by atoms with Crippen molar-refractivity contribution in [3.8, 4) is 17.5 Å². The average Bonchev–Trinajstić information content (AvgIpc) is 3.08. The molecule has 0 aliphatic carbocycles. The van der Waals surface area contributed by atoms with Crippen LogP contribution in [0.5, 0.6) is 5.75 Å². The Bertz CT molecular complexity index is 1180. The topological polar surface area (TPSA) is 81.3 Å². The Morgan fingerprint density at radius 3 is 2.42 bits per heavy atom. The van der Waals surface area contributed by atoms with Gasteiger partial charge in [-0.25, -0.2) is 4.79 Å². The minimum absolute atomic E-state index is 0.180. The quantitative estimate of drug-likeness (QED) is 0.247. The lowest BCUT2D eigenvalue weighted by molar-refractivity contribution is -0.137. The summed E-state index contributed by atoms with van der Waals surface area (Å²) in [6, 6.07) is 19.9. The van der Waals surface area contributed by atoms with E-state index in [4.69, 9.17) is 9.47 Å². The fourth-order valence-corrected chi connectivity index (χ4v) is 3.33. The Morgan fingerprint density at radius 1 is 1.06 bits per heavy atom. The Balaban J connectivity index is 1.83. The number of aromatic nitrogens is 1. The Labute approximate surface area is 181 Å². The molecule has 0 atom stereocenters. The molecule has 156 valence electrons. The molecule has 6 heteroatoms. The molecule has 3 rings (SSSR count). The van der Waals surface area contributed by atoms with Crippen LogP contribution in [0, 0.1) is 25.2 Å². The second-order valence-electron chi connectivity index (χ2n) is 6.87. The van der Waals surface area contributed by atoms with Gasteiger partial charge < -0.3 is 14.0 Å². The van der Waals surface area contributed by atoms with E-state index in [9.17, 15) is 14.9 Å². The molecule has 2 aromatic carbocycles. The van der Waals surface area contributed by atoms with E-state index in [0.29, 0.717) is 16.9 Å². The van der Waals surface area contributed by atoms with Gasteiger partial charge in [0.05, 0.1) is 12.8 Å². The second kappa shape index (κ2) is 9.59. The lowest BCUT2D eigenvalue weighted by atomic mass is 10.1. The van der Waals surface area contributed by atoms with Crippen molar-refractivity contribution >= 4 is 17.8 Å². The van der Waals surface area contributed by atoms with Crippen LogP contribution < -0.4 is 4.74 Å². The molecular formula is C25H22N2O4. The number of hydrogen-bond donors (Lipinski definition) is 0. The summed E-state index contributed by atoms with van der Waals surface area (Å²) < 4.78 is 12.5. The first kappa shape index (κ1) is 21.6. The zero-order chi connectivity index (χ0) is 22.4. The van der Waals surface area contributed by atoms with Crippen molar-refractivity contribution in [2.75, 3.05) is 13.7 Å². The standard InChI is InChI=1S/C25H22N2O4/c1-17-13-20(18(2)27(17)22-11-7-8-12-24(22)30-3)14-21(15-26)25(29)31-16-23(28)19-9-5-4-6-10-19/h4-14H,16H2,1-3H3/b21-14+. The maximum Gasteiger partial charge on any atom is 0.349 e. The number of esters is 1. The van der Waals surface area contributed by atoms with E-state index in [1.807, 2.05) is 54.8 Å². The number of rotatable bonds is 7. The zero-order valence-electron chi connectivity index (χ0n) is 17.6. The fraction of sp³-hybridized carbons (Fsp3) is 0.160. The van der Waals surface area contributed by atoms with Gasteiger partial charge in [-0.2, -0.15) is 5.26 Å². The SMILES string of the molecule is COc1ccccc1-n1c(C)cc(/C=C(\C#N)C(=O)OCC(=O)c2ccccc2)c1C. The Hall–Kier alpha value is -4.11. The maximum absolute atomic E-state index is 12.4. The molecule has 0 spiro atoms. The number of nitrogens with zero attached hydrogens (tertiary/aromatic N) is 2. The molecule has 31 heavy (non-hydrogen) atoms. The van der Waals surface area contributed by atoms with Gasteiger partial charge in [0.1, 0.15) is 17.4 Å². The van der Waals surface area contributed by atoms with Crippen LogP contribution in [0.1, 0.15) is 27.3 Å². The predicted molar refractivity (Wildman–Crippen MR) is 117 cm³/mol. The lowest BCUT2D eigenvalue weighted by Crippen LogP contribution is -2.15. The van der Waals surface area contributed by atoms with Crippen LogP contribution in [0.2, 0.25) is 0 Å². The normalized spacial score (nSPS) is 11.0. The first-order chi connectivity index (χ1) is 15.0. The molecular weight excluding hydrogens is 392 g/mol. The second-order valence-corrected chi connectivity index (χ2v) is 6.87. The molecule has 0 amide bonds. The predicted octanol–water partition coefficient (Wildman–Crippen LogP) is 4.44. The highest BCUT2D eigenvalue weighted by molar-refractivity contribution is 6.02. The monoisotopic (exact) mass is 414 g/mol. The summed E-state index contributed by atoms with van der Waals surface area (Å²) in [6.07, 6.45) is 1.48. The number of Topliss-reactive ketones (excluding diaryl/α,β-unsaturated/α-hetero) is 1. The van der Waals surface area contributed by atoms with Gasteiger partial charge in [0.25, 0.3) is 0 Å². The van der Waals surface area contributed by atoms with Crippen molar-refractivity contribution in [2.45, 2.75) is 13.8 Å². The van der Waals surface area contributed by atoms with Crippen LogP contribution in [0.15, 0.2) is 66.2 Å². The number of ether oxygens (including phenoxy) is 2. The molecule has 1 aromatic heterocycles. The summed E-state index contributed by atoms with van der Waals surface area (Å²) >= 11 is 0. The van der Waals surface area contributed by atoms with E-state index in [2.05, 4.69) is 0 Å². The van der Waals surface area contributed by atoms with E-state index < -0.39 is 12.6 Å². The van der Waals surface area contributed by atoms with E-state index in [1.54, 1.807) is 37.4 Å². The number of ketones is 1. The zero-order valence-corrected chi connectivity index (χ0v) is 17.6. The van der Waals surface area contributed by atoms with Gasteiger partial charge in [-0.3, -0.25) is 4.79 Å². The molecule has 0 unspecified atom stereocenters. The number of nitriles is 1. The van der Waals surface area contributed by atoms with Crippen LogP contribution in [-0.2, 0) is 9.53 Å². The van der Waals surface area contributed by atoms with Crippen molar-refractivity contribution in [3.05, 3.63) is 88.8 Å². The fourth-order valence-electron chi connectivity index (χ4n) is 3.33. The van der Waals surface area contributed by atoms with E-state index in [-0.39, 0.29) is 11.4 Å². The van der Waals surface area contributed by atoms with Gasteiger partial charge in [0, 0.05) is 17.0 Å². The van der Waals surface area contributed by atoms with Crippen LogP contribution in [-0.4, -0.2) is 30.0 Å². The number of para-hydroxylation sites is 2. The summed E-state index contributed by atoms with van der Waals surface area (Å²) in [6.45, 7) is 3.40. The number of carbonyl (C=O) groups excluding carboxylic acids is 2. The molecule has 0 aliphatic heterocycles. The van der Waals surface area contributed by atoms with E-state index in [0.717, 1.165) is 17.1 Å². The van der Waals surface area contributed by atoms with Crippen LogP contribution in [0.3, 0.4) is 0 Å². The van der Waals surface area contributed by atoms with Crippen molar-refractivity contribution in [3.63, 3.8) is 0 Å². The molecule has 0 aliphatic rings. The molecule has 1 heterocycles. The summed E-state index contributed by atoms with van der Waals surface area (Å²) in [7, 11) is 1.61. The minimum Gasteiger partial charge on any atom is -0.495 e. The molecule has 0 radical (unpaired) electrons. The largest absolute Gasteiger partial charge is 0.495 e. The summed E-state index contributed by atoms with van der Waals surface area (Å²) in [5, 5.41) is 9.48. The third kappa shape index (κ3) is 4.73. The smallest absolute Gasteiger partial charge is 0.349 e. The number of carbonyl (C=O) groups is 2. The van der Waals surface area contributed by atoms with Crippen molar-refractivity contribution in [1.29, 1.82) is 5.26 Å². The molecule has 0 saturated carbocycles.